The molecule has 3 heterocycles. The van der Waals surface area contributed by atoms with Gasteiger partial charge in [0.25, 0.3) is 5.56 Å². The largest absolute Gasteiger partial charge is 0.497 e. The first-order valence-electron chi connectivity index (χ1n) is 11.2. The molecule has 5 rings (SSSR count). The topological polar surface area (TPSA) is 97.4 Å². The first-order valence-corrected chi connectivity index (χ1v) is 11.6. The minimum atomic E-state index is -0.521. The van der Waals surface area contributed by atoms with Crippen LogP contribution in [-0.4, -0.2) is 44.3 Å². The number of Topliss-reactive ketones (excluding diaryl/α,β-unsaturated/α-hetero) is 1. The number of carbonyl (C=O) groups excluding carboxylic acids is 1. The van der Waals surface area contributed by atoms with E-state index in [-0.39, 0.29) is 36.1 Å². The lowest BCUT2D eigenvalue weighted by atomic mass is 10.1. The summed E-state index contributed by atoms with van der Waals surface area (Å²) in [5.41, 5.74) is 0.293. The van der Waals surface area contributed by atoms with Gasteiger partial charge >= 0.3 is 5.69 Å². The molecule has 2 aromatic heterocycles. The zero-order valence-electron chi connectivity index (χ0n) is 19.0. The van der Waals surface area contributed by atoms with E-state index in [0.717, 1.165) is 12.8 Å². The first kappa shape index (κ1) is 23.1. The van der Waals surface area contributed by atoms with Gasteiger partial charge in [0.2, 0.25) is 0 Å². The summed E-state index contributed by atoms with van der Waals surface area (Å²) in [7, 11) is 1.55. The molecule has 9 nitrogen and oxygen atoms in total. The molecular weight excluding hydrogens is 472 g/mol. The molecular formula is C25H23ClN4O5. The lowest BCUT2D eigenvalue weighted by Gasteiger charge is -2.15. The van der Waals surface area contributed by atoms with Gasteiger partial charge in [-0.05, 0) is 61.4 Å². The monoisotopic (exact) mass is 494 g/mol. The number of benzene rings is 2. The SMILES string of the molecule is COc1ccc(C(=O)Cn2cnc3c2c(=O)n(CC2CCCO2)c(=O)n3-c2ccc(Cl)cc2)cc1. The number of carbonyl (C=O) groups is 1. The lowest BCUT2D eigenvalue weighted by molar-refractivity contribution is 0.0947. The van der Waals surface area contributed by atoms with Gasteiger partial charge in [-0.15, -0.1) is 0 Å². The van der Waals surface area contributed by atoms with Crippen molar-refractivity contribution < 1.29 is 14.3 Å². The minimum Gasteiger partial charge on any atom is -0.497 e. The molecule has 10 heteroatoms. The predicted molar refractivity (Wildman–Crippen MR) is 131 cm³/mol. The molecule has 1 saturated heterocycles. The Labute approximate surface area is 205 Å². The van der Waals surface area contributed by atoms with Gasteiger partial charge in [-0.3, -0.25) is 14.2 Å². The summed E-state index contributed by atoms with van der Waals surface area (Å²) in [6.07, 6.45) is 2.82. The normalized spacial score (nSPS) is 15.5. The second-order valence-electron chi connectivity index (χ2n) is 8.34. The van der Waals surface area contributed by atoms with E-state index >= 15 is 0 Å². The minimum absolute atomic E-state index is 0.114. The van der Waals surface area contributed by atoms with E-state index in [2.05, 4.69) is 4.98 Å². The number of aromatic nitrogens is 4. The van der Waals surface area contributed by atoms with Crippen molar-refractivity contribution in [2.24, 2.45) is 0 Å². The molecule has 1 unspecified atom stereocenters. The van der Waals surface area contributed by atoms with Crippen LogP contribution in [0.3, 0.4) is 0 Å². The van der Waals surface area contributed by atoms with Crippen LogP contribution in [0.1, 0.15) is 23.2 Å². The van der Waals surface area contributed by atoms with Crippen LogP contribution in [-0.2, 0) is 17.8 Å². The van der Waals surface area contributed by atoms with Crippen molar-refractivity contribution in [3.63, 3.8) is 0 Å². The second kappa shape index (κ2) is 9.52. The molecule has 0 saturated carbocycles. The predicted octanol–water partition coefficient (Wildman–Crippen LogP) is 3.07. The van der Waals surface area contributed by atoms with Gasteiger partial charge in [0.15, 0.2) is 16.9 Å². The van der Waals surface area contributed by atoms with E-state index < -0.39 is 11.2 Å². The van der Waals surface area contributed by atoms with Crippen LogP contribution in [0.15, 0.2) is 64.4 Å². The van der Waals surface area contributed by atoms with E-state index in [4.69, 9.17) is 21.1 Å². The van der Waals surface area contributed by atoms with Gasteiger partial charge in [-0.25, -0.2) is 14.3 Å². The van der Waals surface area contributed by atoms with E-state index in [9.17, 15) is 14.4 Å². The summed E-state index contributed by atoms with van der Waals surface area (Å²) in [6, 6.07) is 13.4. The summed E-state index contributed by atoms with van der Waals surface area (Å²) in [4.78, 5) is 44.4. The lowest BCUT2D eigenvalue weighted by Crippen LogP contribution is -2.42. The number of hydrogen-bond donors (Lipinski definition) is 0. The van der Waals surface area contributed by atoms with E-state index in [1.807, 2.05) is 0 Å². The number of hydrogen-bond acceptors (Lipinski definition) is 6. The maximum absolute atomic E-state index is 13.5. The van der Waals surface area contributed by atoms with Crippen LogP contribution < -0.4 is 16.0 Å². The highest BCUT2D eigenvalue weighted by Gasteiger charge is 2.24. The van der Waals surface area contributed by atoms with Gasteiger partial charge in [-0.1, -0.05) is 11.6 Å². The Balaban J connectivity index is 1.63. The Bertz CT molecular complexity index is 1500. The van der Waals surface area contributed by atoms with E-state index in [1.54, 1.807) is 55.6 Å². The molecule has 0 radical (unpaired) electrons. The number of ketones is 1. The molecule has 4 aromatic rings. The third-order valence-electron chi connectivity index (χ3n) is 6.12. The fraction of sp³-hybridized carbons (Fsp3) is 0.280. The summed E-state index contributed by atoms with van der Waals surface area (Å²) in [5.74, 6) is 0.430. The highest BCUT2D eigenvalue weighted by molar-refractivity contribution is 6.30. The van der Waals surface area contributed by atoms with Crippen molar-refractivity contribution in [1.82, 2.24) is 18.7 Å². The number of methoxy groups -OCH3 is 1. The van der Waals surface area contributed by atoms with Gasteiger partial charge in [0, 0.05) is 17.2 Å². The maximum Gasteiger partial charge on any atom is 0.337 e. The number of rotatable bonds is 7. The Morgan fingerprint density at radius 3 is 2.54 bits per heavy atom. The van der Waals surface area contributed by atoms with Crippen LogP contribution in [0.5, 0.6) is 5.75 Å². The number of halogens is 1. The number of nitrogens with zero attached hydrogens (tertiary/aromatic N) is 4. The Morgan fingerprint density at radius 1 is 1.14 bits per heavy atom. The maximum atomic E-state index is 13.5. The Hall–Kier alpha value is -3.69. The third kappa shape index (κ3) is 4.40. The molecule has 180 valence electrons. The van der Waals surface area contributed by atoms with Crippen molar-refractivity contribution in [3.8, 4) is 11.4 Å². The molecule has 0 spiro atoms. The molecule has 1 aliphatic rings. The van der Waals surface area contributed by atoms with Crippen LogP contribution in [0.2, 0.25) is 5.02 Å². The van der Waals surface area contributed by atoms with Crippen LogP contribution in [0, 0.1) is 0 Å². The quantitative estimate of drug-likeness (QED) is 0.366. The average Bonchev–Trinajstić information content (AvgIpc) is 3.53. The summed E-state index contributed by atoms with van der Waals surface area (Å²) in [6.45, 7) is 0.608. The molecule has 2 aromatic carbocycles. The van der Waals surface area contributed by atoms with E-state index in [1.165, 1.54) is 20.0 Å². The molecule has 1 atom stereocenters. The highest BCUT2D eigenvalue weighted by Crippen LogP contribution is 2.18. The number of ether oxygens (including phenoxy) is 2. The van der Waals surface area contributed by atoms with Gasteiger partial charge in [0.1, 0.15) is 5.75 Å². The summed E-state index contributed by atoms with van der Waals surface area (Å²) in [5, 5.41) is 0.515. The molecule has 0 amide bonds. The van der Waals surface area contributed by atoms with Crippen LogP contribution in [0.4, 0.5) is 0 Å². The standard InChI is InChI=1S/C25H23ClN4O5/c1-34-19-10-4-16(5-11-19)21(31)14-28-15-27-23-22(28)24(32)29(13-20-3-2-12-35-20)25(33)30(23)18-8-6-17(26)7-9-18/h4-11,15,20H,2-3,12-14H2,1H3. The fourth-order valence-electron chi connectivity index (χ4n) is 4.30. The molecule has 1 aliphatic heterocycles. The van der Waals surface area contributed by atoms with Crippen LogP contribution >= 0.6 is 11.6 Å². The molecule has 0 N–H and O–H groups in total. The summed E-state index contributed by atoms with van der Waals surface area (Å²) < 4.78 is 14.9. The molecule has 0 bridgehead atoms. The van der Waals surface area contributed by atoms with E-state index in [0.29, 0.717) is 28.6 Å². The molecule has 1 fully saturated rings. The number of imidazole rings is 1. The third-order valence-corrected chi connectivity index (χ3v) is 6.37. The van der Waals surface area contributed by atoms with Gasteiger partial charge in [-0.2, -0.15) is 0 Å². The van der Waals surface area contributed by atoms with Gasteiger partial charge < -0.3 is 14.0 Å². The number of fused-ring (bicyclic) bond motifs is 1. The van der Waals surface area contributed by atoms with Gasteiger partial charge in [0.05, 0.1) is 38.3 Å². The Morgan fingerprint density at radius 2 is 1.89 bits per heavy atom. The van der Waals surface area contributed by atoms with Crippen molar-refractivity contribution in [1.29, 1.82) is 0 Å². The van der Waals surface area contributed by atoms with Crippen LogP contribution in [0.25, 0.3) is 16.9 Å². The Kier molecular flexibility index (Phi) is 6.27. The average molecular weight is 495 g/mol. The van der Waals surface area contributed by atoms with Crippen molar-refractivity contribution >= 4 is 28.5 Å². The molecule has 35 heavy (non-hydrogen) atoms. The molecule has 0 aliphatic carbocycles. The fourth-order valence-corrected chi connectivity index (χ4v) is 4.42. The summed E-state index contributed by atoms with van der Waals surface area (Å²) >= 11 is 6.04. The smallest absolute Gasteiger partial charge is 0.337 e. The zero-order chi connectivity index (χ0) is 24.5. The second-order valence-corrected chi connectivity index (χ2v) is 8.78. The zero-order valence-corrected chi connectivity index (χ0v) is 19.8. The first-order chi connectivity index (χ1) is 17.0. The van der Waals surface area contributed by atoms with Crippen molar-refractivity contribution in [2.75, 3.05) is 13.7 Å². The van der Waals surface area contributed by atoms with Crippen molar-refractivity contribution in [2.45, 2.75) is 32.0 Å². The van der Waals surface area contributed by atoms with Crippen molar-refractivity contribution in [3.05, 3.63) is 86.3 Å². The highest BCUT2D eigenvalue weighted by atomic mass is 35.5.